The first kappa shape index (κ1) is 16.6. The Labute approximate surface area is 150 Å². The van der Waals surface area contributed by atoms with Crippen molar-refractivity contribution in [2.75, 3.05) is 5.75 Å². The third-order valence-electron chi connectivity index (χ3n) is 4.20. The predicted molar refractivity (Wildman–Crippen MR) is 99.9 cm³/mol. The van der Waals surface area contributed by atoms with Gasteiger partial charge in [-0.1, -0.05) is 40.2 Å². The fourth-order valence-electron chi connectivity index (χ4n) is 3.06. The van der Waals surface area contributed by atoms with E-state index in [0.29, 0.717) is 5.75 Å². The molecule has 3 rings (SSSR count). The minimum Gasteiger partial charge on any atom is -0.349 e. The first-order valence-corrected chi connectivity index (χ1v) is 9.67. The topological polar surface area (TPSA) is 29.1 Å². The molecule has 2 nitrogen and oxygen atoms in total. The van der Waals surface area contributed by atoms with Crippen LogP contribution in [0.5, 0.6) is 0 Å². The van der Waals surface area contributed by atoms with Gasteiger partial charge in [0, 0.05) is 9.37 Å². The number of amides is 1. The summed E-state index contributed by atoms with van der Waals surface area (Å²) >= 11 is 5.07. The molecule has 0 aromatic heterocycles. The van der Waals surface area contributed by atoms with Gasteiger partial charge in [0.1, 0.15) is 0 Å². The Morgan fingerprint density at radius 3 is 2.96 bits per heavy atom. The summed E-state index contributed by atoms with van der Waals surface area (Å²) in [4.78, 5) is 13.5. The monoisotopic (exact) mass is 389 g/mol. The molecule has 0 bridgehead atoms. The van der Waals surface area contributed by atoms with Gasteiger partial charge in [0.05, 0.1) is 11.8 Å². The van der Waals surface area contributed by atoms with Crippen LogP contribution >= 0.6 is 27.7 Å². The van der Waals surface area contributed by atoms with Crippen molar-refractivity contribution in [1.82, 2.24) is 5.32 Å². The van der Waals surface area contributed by atoms with E-state index in [4.69, 9.17) is 0 Å². The molecule has 0 spiro atoms. The van der Waals surface area contributed by atoms with Gasteiger partial charge in [-0.2, -0.15) is 0 Å². The molecule has 0 saturated heterocycles. The standard InChI is InChI=1S/C19H20BrNOS/c1-13-11-15(20)9-10-18(13)23-12-19(22)21-17-8-4-6-14-5-2-3-7-16(14)17/h2-3,5,7,9-11,17H,4,6,8,12H2,1H3,(H,21,22). The second-order valence-corrected chi connectivity index (χ2v) is 7.84. The van der Waals surface area contributed by atoms with Crippen LogP contribution in [0.2, 0.25) is 0 Å². The summed E-state index contributed by atoms with van der Waals surface area (Å²) in [5.74, 6) is 0.570. The second-order valence-electron chi connectivity index (χ2n) is 5.91. The third kappa shape index (κ3) is 4.18. The number of thioether (sulfide) groups is 1. The SMILES string of the molecule is Cc1cc(Br)ccc1SCC(=O)NC1CCCc2ccccc21. The molecular formula is C19H20BrNOS. The van der Waals surface area contributed by atoms with Crippen molar-refractivity contribution >= 4 is 33.6 Å². The van der Waals surface area contributed by atoms with E-state index in [9.17, 15) is 4.79 Å². The molecule has 1 N–H and O–H groups in total. The maximum atomic E-state index is 12.3. The van der Waals surface area contributed by atoms with E-state index in [-0.39, 0.29) is 11.9 Å². The lowest BCUT2D eigenvalue weighted by molar-refractivity contribution is -0.119. The van der Waals surface area contributed by atoms with E-state index in [0.717, 1.165) is 28.6 Å². The first-order valence-electron chi connectivity index (χ1n) is 7.89. The minimum atomic E-state index is 0.110. The molecule has 2 aromatic carbocycles. The van der Waals surface area contributed by atoms with Gasteiger partial charge in [0.25, 0.3) is 0 Å². The van der Waals surface area contributed by atoms with E-state index in [1.54, 1.807) is 11.8 Å². The van der Waals surface area contributed by atoms with Crippen LogP contribution in [0, 0.1) is 6.92 Å². The van der Waals surface area contributed by atoms with Crippen molar-refractivity contribution in [3.05, 3.63) is 63.6 Å². The summed E-state index contributed by atoms with van der Waals surface area (Å²) in [6.07, 6.45) is 3.29. The van der Waals surface area contributed by atoms with Gasteiger partial charge >= 0.3 is 0 Å². The average molecular weight is 390 g/mol. The van der Waals surface area contributed by atoms with Crippen LogP contribution in [-0.4, -0.2) is 11.7 Å². The van der Waals surface area contributed by atoms with E-state index >= 15 is 0 Å². The zero-order valence-electron chi connectivity index (χ0n) is 13.1. The summed E-state index contributed by atoms with van der Waals surface area (Å²) < 4.78 is 1.07. The Morgan fingerprint density at radius 2 is 2.13 bits per heavy atom. The number of hydrogen-bond acceptors (Lipinski definition) is 2. The van der Waals surface area contributed by atoms with Gasteiger partial charge in [-0.05, 0) is 61.1 Å². The molecule has 1 aliphatic carbocycles. The van der Waals surface area contributed by atoms with Gasteiger partial charge in [0.2, 0.25) is 5.91 Å². The number of carbonyl (C=O) groups excluding carboxylic acids is 1. The quantitative estimate of drug-likeness (QED) is 0.741. The molecule has 120 valence electrons. The lowest BCUT2D eigenvalue weighted by Crippen LogP contribution is -2.32. The summed E-state index contributed by atoms with van der Waals surface area (Å²) in [5, 5.41) is 3.21. The summed E-state index contributed by atoms with van der Waals surface area (Å²) in [6, 6.07) is 14.8. The lowest BCUT2D eigenvalue weighted by atomic mass is 9.88. The highest BCUT2D eigenvalue weighted by molar-refractivity contribution is 9.10. The molecule has 4 heteroatoms. The Kier molecular flexibility index (Phi) is 5.44. The molecule has 23 heavy (non-hydrogen) atoms. The predicted octanol–water partition coefficient (Wildman–Crippen LogP) is 5.04. The number of fused-ring (bicyclic) bond motifs is 1. The van der Waals surface area contributed by atoms with Crippen molar-refractivity contribution < 1.29 is 4.79 Å². The first-order chi connectivity index (χ1) is 11.1. The van der Waals surface area contributed by atoms with E-state index in [2.05, 4.69) is 64.6 Å². The Morgan fingerprint density at radius 1 is 1.30 bits per heavy atom. The molecule has 0 fully saturated rings. The third-order valence-corrected chi connectivity index (χ3v) is 5.87. The fourth-order valence-corrected chi connectivity index (χ4v) is 4.35. The number of hydrogen-bond donors (Lipinski definition) is 1. The van der Waals surface area contributed by atoms with E-state index < -0.39 is 0 Å². The van der Waals surface area contributed by atoms with Crippen LogP contribution in [-0.2, 0) is 11.2 Å². The van der Waals surface area contributed by atoms with Crippen LogP contribution in [0.4, 0.5) is 0 Å². The molecular weight excluding hydrogens is 370 g/mol. The molecule has 1 aliphatic rings. The van der Waals surface area contributed by atoms with Crippen LogP contribution < -0.4 is 5.32 Å². The van der Waals surface area contributed by atoms with Crippen molar-refractivity contribution in [2.45, 2.75) is 37.1 Å². The number of nitrogens with one attached hydrogen (secondary N) is 1. The Hall–Kier alpha value is -1.26. The second kappa shape index (κ2) is 7.54. The average Bonchev–Trinajstić information content (AvgIpc) is 2.54. The molecule has 0 radical (unpaired) electrons. The van der Waals surface area contributed by atoms with E-state index in [1.807, 2.05) is 6.07 Å². The van der Waals surface area contributed by atoms with Crippen molar-refractivity contribution in [2.24, 2.45) is 0 Å². The smallest absolute Gasteiger partial charge is 0.230 e. The largest absolute Gasteiger partial charge is 0.349 e. The van der Waals surface area contributed by atoms with Crippen LogP contribution in [0.25, 0.3) is 0 Å². The number of benzene rings is 2. The zero-order valence-corrected chi connectivity index (χ0v) is 15.5. The molecule has 1 atom stereocenters. The maximum Gasteiger partial charge on any atom is 0.230 e. The number of rotatable bonds is 4. The highest BCUT2D eigenvalue weighted by Crippen LogP contribution is 2.30. The fraction of sp³-hybridized carbons (Fsp3) is 0.316. The van der Waals surface area contributed by atoms with Crippen molar-refractivity contribution in [3.8, 4) is 0 Å². The van der Waals surface area contributed by atoms with Gasteiger partial charge in [0.15, 0.2) is 0 Å². The van der Waals surface area contributed by atoms with Crippen molar-refractivity contribution in [3.63, 3.8) is 0 Å². The lowest BCUT2D eigenvalue weighted by Gasteiger charge is -2.26. The highest BCUT2D eigenvalue weighted by atomic mass is 79.9. The molecule has 0 saturated carbocycles. The Bertz CT molecular complexity index is 716. The molecule has 1 amide bonds. The van der Waals surface area contributed by atoms with Gasteiger partial charge < -0.3 is 5.32 Å². The zero-order chi connectivity index (χ0) is 16.2. The Balaban J connectivity index is 1.60. The van der Waals surface area contributed by atoms with Crippen LogP contribution in [0.1, 0.15) is 35.6 Å². The van der Waals surface area contributed by atoms with E-state index in [1.165, 1.54) is 16.7 Å². The number of aryl methyl sites for hydroxylation is 2. The molecule has 0 heterocycles. The van der Waals surface area contributed by atoms with Gasteiger partial charge in [-0.15, -0.1) is 11.8 Å². The molecule has 2 aromatic rings. The summed E-state index contributed by atoms with van der Waals surface area (Å²) in [5.41, 5.74) is 3.86. The highest BCUT2D eigenvalue weighted by Gasteiger charge is 2.21. The van der Waals surface area contributed by atoms with Gasteiger partial charge in [-0.3, -0.25) is 4.79 Å². The molecule has 1 unspecified atom stereocenters. The molecule has 0 aliphatic heterocycles. The number of halogens is 1. The number of carbonyl (C=O) groups is 1. The summed E-state index contributed by atoms with van der Waals surface area (Å²) in [6.45, 7) is 2.07. The van der Waals surface area contributed by atoms with Crippen molar-refractivity contribution in [1.29, 1.82) is 0 Å². The maximum absolute atomic E-state index is 12.3. The van der Waals surface area contributed by atoms with Crippen LogP contribution in [0.3, 0.4) is 0 Å². The summed E-state index contributed by atoms with van der Waals surface area (Å²) in [7, 11) is 0. The van der Waals surface area contributed by atoms with Crippen LogP contribution in [0.15, 0.2) is 51.8 Å². The normalized spacial score (nSPS) is 16.7. The minimum absolute atomic E-state index is 0.110. The van der Waals surface area contributed by atoms with Gasteiger partial charge in [-0.25, -0.2) is 0 Å².